The molecule has 0 radical (unpaired) electrons. The molecule has 0 bridgehead atoms. The maximum Gasteiger partial charge on any atom is 0.275 e. The Balaban J connectivity index is 1.77. The summed E-state index contributed by atoms with van der Waals surface area (Å²) in [7, 11) is 0. The molecule has 3 aromatic rings. The van der Waals surface area contributed by atoms with Crippen molar-refractivity contribution >= 4 is 28.3 Å². The number of thioether (sulfide) groups is 1. The lowest BCUT2D eigenvalue weighted by Crippen LogP contribution is -2.37. The molecule has 0 N–H and O–H groups in total. The van der Waals surface area contributed by atoms with E-state index in [0.717, 1.165) is 42.7 Å². The summed E-state index contributed by atoms with van der Waals surface area (Å²) in [6.07, 6.45) is 1.96. The van der Waals surface area contributed by atoms with Crippen LogP contribution in [0.1, 0.15) is 0 Å². The van der Waals surface area contributed by atoms with E-state index >= 15 is 0 Å². The van der Waals surface area contributed by atoms with Crippen molar-refractivity contribution in [3.05, 3.63) is 52.9 Å². The third-order valence-corrected chi connectivity index (χ3v) is 5.33. The van der Waals surface area contributed by atoms with Gasteiger partial charge in [-0.25, -0.2) is 0 Å². The van der Waals surface area contributed by atoms with E-state index in [9.17, 15) is 4.79 Å². The Morgan fingerprint density at radius 1 is 0.909 bits per heavy atom. The Morgan fingerprint density at radius 2 is 1.64 bits per heavy atom. The second kappa shape index (κ2) is 5.82. The normalized spacial score (nSPS) is 16.5. The summed E-state index contributed by atoms with van der Waals surface area (Å²) >= 11 is 2.02. The Bertz CT molecular complexity index is 861. The van der Waals surface area contributed by atoms with E-state index < -0.39 is 0 Å². The van der Waals surface area contributed by atoms with E-state index in [-0.39, 0.29) is 5.56 Å². The molecule has 1 aliphatic heterocycles. The Kier molecular flexibility index (Phi) is 3.68. The molecule has 2 aromatic heterocycles. The van der Waals surface area contributed by atoms with Gasteiger partial charge in [0.25, 0.3) is 5.56 Å². The standard InChI is InChI=1S/C17H19N3OS/c21-17-16-6-3-7-19(16)14-4-1-2-5-15(14)20(17)9-8-18-10-12-22-13-11-18/h1-7H,8-13H2. The molecule has 1 fully saturated rings. The number of rotatable bonds is 3. The molecular formula is C17H19N3OS. The first kappa shape index (κ1) is 13.9. The third-order valence-electron chi connectivity index (χ3n) is 4.39. The van der Waals surface area contributed by atoms with Crippen LogP contribution in [-0.4, -0.2) is 45.0 Å². The van der Waals surface area contributed by atoms with Crippen LogP contribution in [0.3, 0.4) is 0 Å². The predicted octanol–water partition coefficient (Wildman–Crippen LogP) is 2.30. The number of hydrogen-bond acceptors (Lipinski definition) is 3. The van der Waals surface area contributed by atoms with E-state index in [1.165, 1.54) is 11.5 Å². The first-order valence-electron chi connectivity index (χ1n) is 7.73. The zero-order valence-electron chi connectivity index (χ0n) is 12.4. The molecule has 0 unspecified atom stereocenters. The number of aromatic nitrogens is 2. The zero-order valence-corrected chi connectivity index (χ0v) is 13.3. The molecule has 3 heterocycles. The highest BCUT2D eigenvalue weighted by molar-refractivity contribution is 7.99. The Morgan fingerprint density at radius 3 is 2.45 bits per heavy atom. The summed E-state index contributed by atoms with van der Waals surface area (Å²) in [4.78, 5) is 15.3. The minimum Gasteiger partial charge on any atom is -0.310 e. The number of nitrogens with zero attached hydrogens (tertiary/aromatic N) is 3. The fourth-order valence-corrected chi connectivity index (χ4v) is 4.18. The van der Waals surface area contributed by atoms with Crippen LogP contribution in [0, 0.1) is 0 Å². The van der Waals surface area contributed by atoms with Crippen LogP contribution in [0.4, 0.5) is 0 Å². The van der Waals surface area contributed by atoms with Crippen LogP contribution in [0.15, 0.2) is 47.4 Å². The fourth-order valence-electron chi connectivity index (χ4n) is 3.20. The molecule has 0 amide bonds. The van der Waals surface area contributed by atoms with Gasteiger partial charge in [-0.2, -0.15) is 11.8 Å². The van der Waals surface area contributed by atoms with Gasteiger partial charge in [0.15, 0.2) is 0 Å². The summed E-state index contributed by atoms with van der Waals surface area (Å²) in [5, 5.41) is 0. The average Bonchev–Trinajstić information content (AvgIpc) is 3.06. The smallest absolute Gasteiger partial charge is 0.275 e. The molecule has 1 aromatic carbocycles. The number of fused-ring (bicyclic) bond motifs is 3. The van der Waals surface area contributed by atoms with Gasteiger partial charge in [0, 0.05) is 43.9 Å². The first-order chi connectivity index (χ1) is 10.8. The number of para-hydroxylation sites is 2. The van der Waals surface area contributed by atoms with Crippen molar-refractivity contribution in [2.45, 2.75) is 6.54 Å². The molecule has 1 aliphatic rings. The minimum atomic E-state index is 0.107. The molecule has 22 heavy (non-hydrogen) atoms. The van der Waals surface area contributed by atoms with Crippen LogP contribution in [0.25, 0.3) is 16.6 Å². The summed E-state index contributed by atoms with van der Waals surface area (Å²) in [6.45, 7) is 3.96. The molecule has 114 valence electrons. The summed E-state index contributed by atoms with van der Waals surface area (Å²) in [6, 6.07) is 12.0. The van der Waals surface area contributed by atoms with Gasteiger partial charge in [-0.05, 0) is 24.3 Å². The van der Waals surface area contributed by atoms with Crippen molar-refractivity contribution in [1.82, 2.24) is 13.9 Å². The quantitative estimate of drug-likeness (QED) is 0.743. The SMILES string of the molecule is O=c1c2cccn2c2ccccc2n1CCN1CCSCC1. The second-order valence-electron chi connectivity index (χ2n) is 5.66. The van der Waals surface area contributed by atoms with Gasteiger partial charge < -0.3 is 8.97 Å². The zero-order chi connectivity index (χ0) is 14.9. The van der Waals surface area contributed by atoms with E-state index in [2.05, 4.69) is 11.0 Å². The number of hydrogen-bond donors (Lipinski definition) is 0. The molecule has 4 nitrogen and oxygen atoms in total. The maximum absolute atomic E-state index is 12.8. The van der Waals surface area contributed by atoms with Gasteiger partial charge in [-0.3, -0.25) is 9.69 Å². The van der Waals surface area contributed by atoms with Crippen LogP contribution in [0.5, 0.6) is 0 Å². The molecule has 0 atom stereocenters. The van der Waals surface area contributed by atoms with E-state index in [4.69, 9.17) is 0 Å². The molecular weight excluding hydrogens is 294 g/mol. The summed E-state index contributed by atoms with van der Waals surface area (Å²) in [5.41, 5.74) is 2.97. The Labute approximate surface area is 133 Å². The van der Waals surface area contributed by atoms with E-state index in [0.29, 0.717) is 0 Å². The van der Waals surface area contributed by atoms with E-state index in [1.807, 2.05) is 57.3 Å². The molecule has 5 heteroatoms. The Hall–Kier alpha value is -1.72. The third kappa shape index (κ3) is 2.34. The van der Waals surface area contributed by atoms with Crippen LogP contribution in [-0.2, 0) is 6.54 Å². The molecule has 4 rings (SSSR count). The minimum absolute atomic E-state index is 0.107. The lowest BCUT2D eigenvalue weighted by molar-refractivity contribution is 0.290. The summed E-state index contributed by atoms with van der Waals surface area (Å²) < 4.78 is 3.93. The topological polar surface area (TPSA) is 29.6 Å². The fraction of sp³-hybridized carbons (Fsp3) is 0.353. The van der Waals surface area contributed by atoms with Crippen molar-refractivity contribution in [1.29, 1.82) is 0 Å². The van der Waals surface area contributed by atoms with Crippen LogP contribution >= 0.6 is 11.8 Å². The van der Waals surface area contributed by atoms with Gasteiger partial charge in [0.2, 0.25) is 0 Å². The maximum atomic E-state index is 12.8. The first-order valence-corrected chi connectivity index (χ1v) is 8.89. The van der Waals surface area contributed by atoms with Crippen molar-refractivity contribution < 1.29 is 0 Å². The van der Waals surface area contributed by atoms with Crippen molar-refractivity contribution in [2.24, 2.45) is 0 Å². The van der Waals surface area contributed by atoms with Gasteiger partial charge in [0.05, 0.1) is 11.0 Å². The highest BCUT2D eigenvalue weighted by Gasteiger charge is 2.13. The number of benzene rings is 1. The molecule has 0 saturated carbocycles. The lowest BCUT2D eigenvalue weighted by Gasteiger charge is -2.26. The van der Waals surface area contributed by atoms with Gasteiger partial charge in [-0.15, -0.1) is 0 Å². The lowest BCUT2D eigenvalue weighted by atomic mass is 10.2. The highest BCUT2D eigenvalue weighted by Crippen LogP contribution is 2.15. The van der Waals surface area contributed by atoms with Crippen molar-refractivity contribution in [3.63, 3.8) is 0 Å². The van der Waals surface area contributed by atoms with Crippen LogP contribution < -0.4 is 5.56 Å². The van der Waals surface area contributed by atoms with Crippen molar-refractivity contribution in [3.8, 4) is 0 Å². The monoisotopic (exact) mass is 313 g/mol. The second-order valence-corrected chi connectivity index (χ2v) is 6.89. The molecule has 0 spiro atoms. The summed E-state index contributed by atoms with van der Waals surface area (Å²) in [5.74, 6) is 2.40. The van der Waals surface area contributed by atoms with Gasteiger partial charge in [-0.1, -0.05) is 12.1 Å². The van der Waals surface area contributed by atoms with Crippen LogP contribution in [0.2, 0.25) is 0 Å². The van der Waals surface area contributed by atoms with Gasteiger partial charge >= 0.3 is 0 Å². The van der Waals surface area contributed by atoms with Gasteiger partial charge in [0.1, 0.15) is 5.52 Å². The largest absolute Gasteiger partial charge is 0.310 e. The predicted molar refractivity (Wildman–Crippen MR) is 92.9 cm³/mol. The highest BCUT2D eigenvalue weighted by atomic mass is 32.2. The van der Waals surface area contributed by atoms with E-state index in [1.54, 1.807) is 0 Å². The average molecular weight is 313 g/mol. The molecule has 0 aliphatic carbocycles. The molecule has 1 saturated heterocycles. The van der Waals surface area contributed by atoms with Crippen molar-refractivity contribution in [2.75, 3.05) is 31.1 Å².